The Labute approximate surface area is 208 Å². The smallest absolute Gasteiger partial charge is 0.277 e. The minimum absolute atomic E-state index is 0.0420. The molecule has 8 heteroatoms. The molecule has 1 aliphatic rings. The van der Waals surface area contributed by atoms with Gasteiger partial charge < -0.3 is 13.9 Å². The summed E-state index contributed by atoms with van der Waals surface area (Å²) in [4.78, 5) is 15.6. The summed E-state index contributed by atoms with van der Waals surface area (Å²) in [5, 5.41) is 8.21. The van der Waals surface area contributed by atoms with Crippen LogP contribution in [0.4, 0.5) is 11.4 Å². The molecule has 1 unspecified atom stereocenters. The summed E-state index contributed by atoms with van der Waals surface area (Å²) in [6.45, 7) is 1.86. The van der Waals surface area contributed by atoms with E-state index in [9.17, 15) is 4.79 Å². The molecule has 2 heterocycles. The number of ether oxygens (including phenoxy) is 2. The number of benzene rings is 3. The Bertz CT molecular complexity index is 1300. The monoisotopic (exact) mass is 487 g/mol. The van der Waals surface area contributed by atoms with Gasteiger partial charge in [-0.25, -0.2) is 0 Å². The van der Waals surface area contributed by atoms with Crippen molar-refractivity contribution in [1.82, 2.24) is 10.2 Å². The summed E-state index contributed by atoms with van der Waals surface area (Å²) in [5.74, 6) is 1.52. The maximum atomic E-state index is 13.8. The van der Waals surface area contributed by atoms with Gasteiger partial charge in [0.25, 0.3) is 5.22 Å². The van der Waals surface area contributed by atoms with Gasteiger partial charge in [0.15, 0.2) is 0 Å². The van der Waals surface area contributed by atoms with Crippen molar-refractivity contribution in [2.24, 2.45) is 0 Å². The molecule has 5 rings (SSSR count). The fraction of sp³-hybridized carbons (Fsp3) is 0.222. The first-order valence-electron chi connectivity index (χ1n) is 11.3. The molecule has 0 fully saturated rings. The molecule has 1 amide bonds. The zero-order chi connectivity index (χ0) is 24.4. The van der Waals surface area contributed by atoms with E-state index in [4.69, 9.17) is 13.9 Å². The Morgan fingerprint density at radius 2 is 1.49 bits per heavy atom. The second-order valence-electron chi connectivity index (χ2n) is 8.17. The van der Waals surface area contributed by atoms with Crippen LogP contribution in [0.3, 0.4) is 0 Å². The molecule has 0 bridgehead atoms. The third-order valence-corrected chi connectivity index (χ3v) is 6.90. The third kappa shape index (κ3) is 4.61. The number of fused-ring (bicyclic) bond motifs is 2. The maximum absolute atomic E-state index is 13.8. The number of hydrogen-bond donors (Lipinski definition) is 0. The van der Waals surface area contributed by atoms with Gasteiger partial charge in [-0.3, -0.25) is 9.69 Å². The van der Waals surface area contributed by atoms with Crippen LogP contribution in [0.5, 0.6) is 11.5 Å². The molecule has 4 aromatic rings. The zero-order valence-electron chi connectivity index (χ0n) is 19.7. The van der Waals surface area contributed by atoms with Gasteiger partial charge in [-0.05, 0) is 55.2 Å². The number of para-hydroxylation sites is 2. The third-order valence-electron chi connectivity index (χ3n) is 5.98. The first-order chi connectivity index (χ1) is 17.1. The van der Waals surface area contributed by atoms with Crippen molar-refractivity contribution in [3.05, 3.63) is 77.9 Å². The molecule has 0 N–H and O–H groups in total. The Balaban J connectivity index is 1.42. The number of hydrogen-bond acceptors (Lipinski definition) is 7. The van der Waals surface area contributed by atoms with Crippen LogP contribution in [0.15, 0.2) is 76.4 Å². The molecule has 1 aromatic heterocycles. The van der Waals surface area contributed by atoms with E-state index in [0.29, 0.717) is 28.2 Å². The van der Waals surface area contributed by atoms with Crippen molar-refractivity contribution < 1.29 is 18.7 Å². The molecule has 178 valence electrons. The molecule has 7 nitrogen and oxygen atoms in total. The van der Waals surface area contributed by atoms with Gasteiger partial charge in [-0.2, -0.15) is 0 Å². The van der Waals surface area contributed by atoms with E-state index in [1.54, 1.807) is 32.4 Å². The lowest BCUT2D eigenvalue weighted by atomic mass is 10.0. The summed E-state index contributed by atoms with van der Waals surface area (Å²) in [7, 11) is 3.17. The predicted octanol–water partition coefficient (Wildman–Crippen LogP) is 5.70. The normalized spacial score (nSPS) is 13.4. The highest BCUT2D eigenvalue weighted by Crippen LogP contribution is 2.38. The van der Waals surface area contributed by atoms with Crippen molar-refractivity contribution in [2.45, 2.75) is 30.2 Å². The highest BCUT2D eigenvalue weighted by molar-refractivity contribution is 8.00. The number of nitrogens with zero attached hydrogens (tertiary/aromatic N) is 3. The number of carbonyl (C=O) groups is 1. The number of aryl methyl sites for hydroxylation is 2. The molecular formula is C27H25N3O4S. The number of anilines is 2. The number of amides is 1. The molecule has 0 saturated carbocycles. The molecule has 35 heavy (non-hydrogen) atoms. The average molecular weight is 488 g/mol. The highest BCUT2D eigenvalue weighted by Gasteiger charge is 2.30. The van der Waals surface area contributed by atoms with Gasteiger partial charge >= 0.3 is 0 Å². The van der Waals surface area contributed by atoms with Gasteiger partial charge in [0.05, 0.1) is 30.8 Å². The average Bonchev–Trinajstić information content (AvgIpc) is 3.29. The largest absolute Gasteiger partial charge is 0.497 e. The van der Waals surface area contributed by atoms with Crippen LogP contribution >= 0.6 is 11.8 Å². The van der Waals surface area contributed by atoms with Gasteiger partial charge in [-0.1, -0.05) is 48.2 Å². The second kappa shape index (κ2) is 9.84. The Hall–Kier alpha value is -3.78. The van der Waals surface area contributed by atoms with Gasteiger partial charge in [0.1, 0.15) is 11.5 Å². The van der Waals surface area contributed by atoms with E-state index < -0.39 is 5.25 Å². The van der Waals surface area contributed by atoms with Crippen LogP contribution in [0.25, 0.3) is 11.5 Å². The molecule has 3 aromatic carbocycles. The van der Waals surface area contributed by atoms with Crippen LogP contribution in [0, 0.1) is 0 Å². The highest BCUT2D eigenvalue weighted by atomic mass is 32.2. The molecular weight excluding hydrogens is 462 g/mol. The summed E-state index contributed by atoms with van der Waals surface area (Å²) in [6.07, 6.45) is 1.77. The van der Waals surface area contributed by atoms with E-state index in [1.807, 2.05) is 48.2 Å². The fourth-order valence-corrected chi connectivity index (χ4v) is 4.93. The van der Waals surface area contributed by atoms with Crippen LogP contribution < -0.4 is 14.4 Å². The van der Waals surface area contributed by atoms with E-state index in [2.05, 4.69) is 22.3 Å². The summed E-state index contributed by atoms with van der Waals surface area (Å²) >= 11 is 1.24. The molecule has 0 spiro atoms. The van der Waals surface area contributed by atoms with Gasteiger partial charge in [-0.15, -0.1) is 10.2 Å². The number of carbonyl (C=O) groups excluding carboxylic acids is 1. The van der Waals surface area contributed by atoms with Crippen LogP contribution in [0.1, 0.15) is 18.1 Å². The van der Waals surface area contributed by atoms with Crippen LogP contribution in [0.2, 0.25) is 0 Å². The Morgan fingerprint density at radius 1 is 0.914 bits per heavy atom. The predicted molar refractivity (Wildman–Crippen MR) is 136 cm³/mol. The van der Waals surface area contributed by atoms with Crippen molar-refractivity contribution in [3.8, 4) is 23.0 Å². The van der Waals surface area contributed by atoms with Crippen molar-refractivity contribution in [2.75, 3.05) is 19.1 Å². The quantitative estimate of drug-likeness (QED) is 0.323. The summed E-state index contributed by atoms with van der Waals surface area (Å²) in [5.41, 5.74) is 4.83. The first kappa shape index (κ1) is 23.0. The molecule has 0 aliphatic carbocycles. The van der Waals surface area contributed by atoms with E-state index >= 15 is 0 Å². The second-order valence-corrected chi connectivity index (χ2v) is 9.46. The van der Waals surface area contributed by atoms with Gasteiger partial charge in [0.2, 0.25) is 11.8 Å². The van der Waals surface area contributed by atoms with Crippen molar-refractivity contribution in [1.29, 1.82) is 0 Å². The van der Waals surface area contributed by atoms with Crippen LogP contribution in [-0.4, -0.2) is 35.6 Å². The Morgan fingerprint density at radius 3 is 2.06 bits per heavy atom. The SMILES string of the molecule is COc1cc(OC)cc(-c2nnc(SC(C)C(=O)N3c4ccccc4CCc4ccccc43)o2)c1. The molecule has 1 aliphatic heterocycles. The minimum atomic E-state index is -0.456. The molecule has 1 atom stereocenters. The fourth-order valence-electron chi connectivity index (χ4n) is 4.21. The lowest BCUT2D eigenvalue weighted by Crippen LogP contribution is -2.33. The van der Waals surface area contributed by atoms with E-state index in [-0.39, 0.29) is 5.91 Å². The number of methoxy groups -OCH3 is 2. The first-order valence-corrected chi connectivity index (χ1v) is 12.2. The topological polar surface area (TPSA) is 77.7 Å². The van der Waals surface area contributed by atoms with Crippen molar-refractivity contribution in [3.63, 3.8) is 0 Å². The van der Waals surface area contributed by atoms with Crippen LogP contribution in [-0.2, 0) is 17.6 Å². The molecule has 0 saturated heterocycles. The lowest BCUT2D eigenvalue weighted by molar-refractivity contribution is -0.117. The number of aromatic nitrogens is 2. The standard InChI is InChI=1S/C27H25N3O4S/c1-17(35-27-29-28-25(34-27)20-14-21(32-2)16-22(15-20)33-3)26(31)30-23-10-6-4-8-18(23)12-13-19-9-5-7-11-24(19)30/h4-11,14-17H,12-13H2,1-3H3. The van der Waals surface area contributed by atoms with E-state index in [0.717, 1.165) is 35.3 Å². The lowest BCUT2D eigenvalue weighted by Gasteiger charge is -2.27. The molecule has 0 radical (unpaired) electrons. The van der Waals surface area contributed by atoms with Gasteiger partial charge in [0, 0.05) is 11.6 Å². The maximum Gasteiger partial charge on any atom is 0.277 e. The number of rotatable bonds is 6. The summed E-state index contributed by atoms with van der Waals surface area (Å²) in [6, 6.07) is 21.5. The minimum Gasteiger partial charge on any atom is -0.497 e. The van der Waals surface area contributed by atoms with E-state index in [1.165, 1.54) is 11.8 Å². The number of thioether (sulfide) groups is 1. The zero-order valence-corrected chi connectivity index (χ0v) is 20.5. The van der Waals surface area contributed by atoms with Crippen molar-refractivity contribution >= 4 is 29.0 Å². The summed E-state index contributed by atoms with van der Waals surface area (Å²) < 4.78 is 16.6. The Kier molecular flexibility index (Phi) is 6.46.